The Balaban J connectivity index is 1.20. The Labute approximate surface area is 195 Å². The molecule has 0 aromatic rings. The quantitative estimate of drug-likeness (QED) is 0.442. The number of nitrogens with zero attached hydrogens (tertiary/aromatic N) is 3. The van der Waals surface area contributed by atoms with Gasteiger partial charge in [0.1, 0.15) is 5.70 Å². The van der Waals surface area contributed by atoms with Crippen molar-refractivity contribution in [2.75, 3.05) is 20.3 Å². The standard InChI is InChI=1S/C21H25ClN4O3S2/c1-11(27)18-15-6-16(19(20(22)28)26(15)21(18)29)30-14-5-12(23-7-14)3-4-13-8-25-10-24(2)9-17(25)31-13/h3-4,8-9,11-12,14-15,18,23,27H,5-7,10H2,1-2H3/b4-3+/t11-,12-,14+,15+,18-/m1/s1. The van der Waals surface area contributed by atoms with E-state index < -0.39 is 17.3 Å². The van der Waals surface area contributed by atoms with Gasteiger partial charge in [-0.15, -0.1) is 11.8 Å². The summed E-state index contributed by atoms with van der Waals surface area (Å²) in [4.78, 5) is 32.5. The van der Waals surface area contributed by atoms with Gasteiger partial charge in [0.15, 0.2) is 0 Å². The van der Waals surface area contributed by atoms with E-state index in [1.54, 1.807) is 30.4 Å². The number of hydrogen-bond donors (Lipinski definition) is 2. The molecule has 1 amide bonds. The second-order valence-corrected chi connectivity index (χ2v) is 11.4. The lowest BCUT2D eigenvalue weighted by Gasteiger charge is -2.44. The number of aliphatic hydroxyl groups is 1. The minimum Gasteiger partial charge on any atom is -0.393 e. The summed E-state index contributed by atoms with van der Waals surface area (Å²) in [6, 6.07) is 0.124. The molecule has 166 valence electrons. The van der Waals surface area contributed by atoms with Crippen molar-refractivity contribution in [2.45, 2.75) is 43.2 Å². The molecule has 0 spiro atoms. The summed E-state index contributed by atoms with van der Waals surface area (Å²) in [6.45, 7) is 3.36. The van der Waals surface area contributed by atoms with E-state index in [-0.39, 0.29) is 18.0 Å². The number of fused-ring (bicyclic) bond motifs is 2. The first-order valence-corrected chi connectivity index (χ1v) is 12.5. The second-order valence-electron chi connectivity index (χ2n) is 8.61. The molecule has 0 bridgehead atoms. The van der Waals surface area contributed by atoms with E-state index in [2.05, 4.69) is 46.7 Å². The van der Waals surface area contributed by atoms with Crippen LogP contribution in [0.5, 0.6) is 0 Å². The van der Waals surface area contributed by atoms with Crippen LogP contribution in [0.1, 0.15) is 19.8 Å². The van der Waals surface area contributed by atoms with Gasteiger partial charge in [0.25, 0.3) is 5.24 Å². The van der Waals surface area contributed by atoms with Gasteiger partial charge in [0, 0.05) is 53.5 Å². The number of hydrogen-bond acceptors (Lipinski definition) is 8. The number of allylic oxidation sites excluding steroid dienone is 2. The highest BCUT2D eigenvalue weighted by Gasteiger charge is 2.56. The molecule has 0 unspecified atom stereocenters. The van der Waals surface area contributed by atoms with Crippen molar-refractivity contribution >= 4 is 46.3 Å². The van der Waals surface area contributed by atoms with Gasteiger partial charge in [0.2, 0.25) is 5.91 Å². The first kappa shape index (κ1) is 21.5. The number of carbonyl (C=O) groups excluding carboxylic acids is 2. The molecule has 2 fully saturated rings. The molecule has 0 aliphatic carbocycles. The van der Waals surface area contributed by atoms with Gasteiger partial charge in [-0.05, 0) is 31.0 Å². The number of carbonyl (C=O) groups is 2. The van der Waals surface area contributed by atoms with Crippen LogP contribution >= 0.6 is 35.1 Å². The molecule has 5 atom stereocenters. The molecule has 0 radical (unpaired) electrons. The number of amides is 1. The van der Waals surface area contributed by atoms with Gasteiger partial charge in [-0.3, -0.25) is 9.59 Å². The number of rotatable bonds is 6. The fourth-order valence-electron chi connectivity index (χ4n) is 4.88. The summed E-state index contributed by atoms with van der Waals surface area (Å²) in [5, 5.41) is 14.4. The van der Waals surface area contributed by atoms with Crippen LogP contribution in [-0.4, -0.2) is 74.7 Å². The highest BCUT2D eigenvalue weighted by molar-refractivity contribution is 8.07. The highest BCUT2D eigenvalue weighted by atomic mass is 35.5. The van der Waals surface area contributed by atoms with Crippen LogP contribution in [0.2, 0.25) is 0 Å². The van der Waals surface area contributed by atoms with Crippen LogP contribution in [0.25, 0.3) is 0 Å². The summed E-state index contributed by atoms with van der Waals surface area (Å²) in [5.74, 6) is -0.641. The number of aliphatic hydroxyl groups excluding tert-OH is 1. The topological polar surface area (TPSA) is 76.1 Å². The molecule has 5 heterocycles. The Morgan fingerprint density at radius 3 is 2.97 bits per heavy atom. The molecule has 31 heavy (non-hydrogen) atoms. The SMILES string of the molecule is C[C@@H](O)[C@H]1C(=O)N2C(C(=O)Cl)=C(S[C@@H]3CN[C@H](/C=C/C4=CN5CN(C)C=C5S4)C3)C[C@@H]12. The van der Waals surface area contributed by atoms with Crippen LogP contribution in [0.4, 0.5) is 0 Å². The number of nitrogens with one attached hydrogen (secondary N) is 1. The predicted molar refractivity (Wildman–Crippen MR) is 123 cm³/mol. The Kier molecular flexibility index (Phi) is 5.67. The third-order valence-corrected chi connectivity index (χ3v) is 8.84. The molecule has 0 aromatic heterocycles. The molecule has 2 N–H and O–H groups in total. The Morgan fingerprint density at radius 1 is 1.45 bits per heavy atom. The van der Waals surface area contributed by atoms with Crippen LogP contribution in [0.3, 0.4) is 0 Å². The van der Waals surface area contributed by atoms with Crippen molar-refractivity contribution in [3.05, 3.63) is 45.1 Å². The minimum atomic E-state index is -0.720. The van der Waals surface area contributed by atoms with E-state index in [1.807, 2.05) is 0 Å². The lowest BCUT2D eigenvalue weighted by molar-refractivity contribution is -0.158. The zero-order chi connectivity index (χ0) is 21.9. The average molecular weight is 481 g/mol. The van der Waals surface area contributed by atoms with Crippen molar-refractivity contribution < 1.29 is 14.7 Å². The molecule has 7 nitrogen and oxygen atoms in total. The van der Waals surface area contributed by atoms with Crippen LogP contribution in [0, 0.1) is 5.92 Å². The number of β-lactam (4-membered cyclic amide) rings is 1. The average Bonchev–Trinajstić information content (AvgIpc) is 3.42. The zero-order valence-electron chi connectivity index (χ0n) is 17.3. The van der Waals surface area contributed by atoms with Gasteiger partial charge >= 0.3 is 0 Å². The molecular formula is C21H25ClN4O3S2. The summed E-state index contributed by atoms with van der Waals surface area (Å²) in [7, 11) is 2.07. The summed E-state index contributed by atoms with van der Waals surface area (Å²) >= 11 is 9.27. The van der Waals surface area contributed by atoms with Gasteiger partial charge in [-0.1, -0.05) is 17.8 Å². The smallest absolute Gasteiger partial charge is 0.269 e. The number of halogens is 1. The summed E-state index contributed by atoms with van der Waals surface area (Å²) in [5.41, 5.74) is 0.323. The van der Waals surface area contributed by atoms with Crippen molar-refractivity contribution in [2.24, 2.45) is 5.92 Å². The van der Waals surface area contributed by atoms with Gasteiger partial charge in [-0.25, -0.2) is 0 Å². The lowest BCUT2D eigenvalue weighted by Crippen LogP contribution is -2.61. The molecular weight excluding hydrogens is 456 g/mol. The van der Waals surface area contributed by atoms with Crippen molar-refractivity contribution in [1.29, 1.82) is 0 Å². The second kappa shape index (κ2) is 8.19. The monoisotopic (exact) mass is 480 g/mol. The fraction of sp³-hybridized carbons (Fsp3) is 0.524. The van der Waals surface area contributed by atoms with E-state index in [0.717, 1.165) is 24.5 Å². The van der Waals surface area contributed by atoms with Gasteiger partial charge < -0.3 is 25.1 Å². The van der Waals surface area contributed by atoms with Crippen molar-refractivity contribution in [3.63, 3.8) is 0 Å². The Morgan fingerprint density at radius 2 is 2.26 bits per heavy atom. The largest absolute Gasteiger partial charge is 0.393 e. The first-order chi connectivity index (χ1) is 14.8. The van der Waals surface area contributed by atoms with Crippen molar-refractivity contribution in [3.8, 4) is 0 Å². The molecule has 2 saturated heterocycles. The molecule has 5 rings (SSSR count). The van der Waals surface area contributed by atoms with E-state index in [1.165, 1.54) is 14.8 Å². The third-order valence-electron chi connectivity index (χ3n) is 6.30. The van der Waals surface area contributed by atoms with E-state index in [9.17, 15) is 14.7 Å². The molecule has 0 saturated carbocycles. The molecule has 5 aliphatic heterocycles. The van der Waals surface area contributed by atoms with Crippen LogP contribution in [0.15, 0.2) is 45.1 Å². The van der Waals surface area contributed by atoms with Crippen LogP contribution in [-0.2, 0) is 9.59 Å². The maximum atomic E-state index is 12.4. The van der Waals surface area contributed by atoms with E-state index >= 15 is 0 Å². The lowest BCUT2D eigenvalue weighted by atomic mass is 9.83. The third kappa shape index (κ3) is 3.84. The molecule has 0 aromatic carbocycles. The van der Waals surface area contributed by atoms with Gasteiger partial charge in [0.05, 0.1) is 29.8 Å². The van der Waals surface area contributed by atoms with E-state index in [0.29, 0.717) is 17.4 Å². The minimum absolute atomic E-state index is 0.146. The predicted octanol–water partition coefficient (Wildman–Crippen LogP) is 2.19. The zero-order valence-corrected chi connectivity index (χ0v) is 19.7. The van der Waals surface area contributed by atoms with Crippen molar-refractivity contribution in [1.82, 2.24) is 20.0 Å². The Hall–Kier alpha value is -1.39. The fourth-order valence-corrected chi connectivity index (χ4v) is 7.63. The number of thioether (sulfide) groups is 2. The highest BCUT2D eigenvalue weighted by Crippen LogP contribution is 2.49. The maximum absolute atomic E-state index is 12.4. The normalized spacial score (nSPS) is 33.2. The summed E-state index contributed by atoms with van der Waals surface area (Å²) in [6.07, 6.45) is 9.54. The maximum Gasteiger partial charge on any atom is 0.269 e. The van der Waals surface area contributed by atoms with E-state index in [4.69, 9.17) is 11.6 Å². The first-order valence-electron chi connectivity index (χ1n) is 10.4. The Bertz CT molecular complexity index is 947. The van der Waals surface area contributed by atoms with Gasteiger partial charge in [-0.2, -0.15) is 0 Å². The van der Waals surface area contributed by atoms with Crippen LogP contribution < -0.4 is 5.32 Å². The molecule has 5 aliphatic rings. The summed E-state index contributed by atoms with van der Waals surface area (Å²) < 4.78 is 0. The molecule has 10 heteroatoms.